The number of nitrogens with zero attached hydrogens (tertiary/aromatic N) is 3. The zero-order chi connectivity index (χ0) is 20.5. The average molecular weight is 395 g/mol. The molecule has 144 valence electrons. The monoisotopic (exact) mass is 395 g/mol. The molecule has 1 unspecified atom stereocenters. The highest BCUT2D eigenvalue weighted by Gasteiger charge is 2.30. The lowest BCUT2D eigenvalue weighted by atomic mass is 9.71. The molecule has 2 aromatic rings. The van der Waals surface area contributed by atoms with Gasteiger partial charge in [-0.3, -0.25) is 14.9 Å². The molecule has 0 saturated carbocycles. The molecule has 0 spiro atoms. The number of rotatable bonds is 4. The molecular formula is C21H21N3O3S. The molecule has 0 bridgehead atoms. The number of non-ortho nitro benzene ring substituents is 1. The van der Waals surface area contributed by atoms with E-state index in [0.717, 1.165) is 30.5 Å². The van der Waals surface area contributed by atoms with Crippen LogP contribution in [-0.4, -0.2) is 16.2 Å². The summed E-state index contributed by atoms with van der Waals surface area (Å²) in [6.45, 7) is 6.71. The van der Waals surface area contributed by atoms with E-state index >= 15 is 0 Å². The number of hydrogen-bond donors (Lipinski definition) is 0. The summed E-state index contributed by atoms with van der Waals surface area (Å²) < 4.78 is 0. The predicted molar refractivity (Wildman–Crippen MR) is 107 cm³/mol. The summed E-state index contributed by atoms with van der Waals surface area (Å²) in [6, 6.07) is 8.25. The van der Waals surface area contributed by atoms with Crippen LogP contribution in [0.15, 0.2) is 34.2 Å². The van der Waals surface area contributed by atoms with Gasteiger partial charge in [0.2, 0.25) is 0 Å². The minimum atomic E-state index is -0.537. The summed E-state index contributed by atoms with van der Waals surface area (Å²) in [5.74, 6) is 0.545. The molecule has 3 rings (SSSR count). The number of carbonyl (C=O) groups is 1. The van der Waals surface area contributed by atoms with Crippen LogP contribution in [0.4, 0.5) is 5.69 Å². The zero-order valence-electron chi connectivity index (χ0n) is 16.1. The molecule has 1 aromatic carbocycles. The van der Waals surface area contributed by atoms with E-state index in [1.165, 1.54) is 30.0 Å². The van der Waals surface area contributed by atoms with Crippen LogP contribution >= 0.6 is 11.8 Å². The first kappa shape index (κ1) is 20.0. The lowest BCUT2D eigenvalue weighted by molar-refractivity contribution is -0.384. The highest BCUT2D eigenvalue weighted by atomic mass is 32.2. The largest absolute Gasteiger partial charge is 0.298 e. The van der Waals surface area contributed by atoms with Crippen molar-refractivity contribution in [3.63, 3.8) is 0 Å². The Morgan fingerprint density at radius 2 is 2.11 bits per heavy atom. The Balaban J connectivity index is 1.96. The number of aldehydes is 1. The second-order valence-corrected chi connectivity index (χ2v) is 9.09. The fraction of sp³-hybridized carbons (Fsp3) is 0.381. The number of pyridine rings is 1. The lowest BCUT2D eigenvalue weighted by Gasteiger charge is -2.34. The molecular weight excluding hydrogens is 374 g/mol. The number of benzene rings is 1. The van der Waals surface area contributed by atoms with Gasteiger partial charge in [0.15, 0.2) is 6.29 Å². The van der Waals surface area contributed by atoms with E-state index in [0.29, 0.717) is 27.7 Å². The third kappa shape index (κ3) is 4.07. The SMILES string of the molecule is CC(C)(C)C1CCc2nc(Sc3ccc([N+](=O)[O-])cc3C=O)c(C#N)cc2C1. The summed E-state index contributed by atoms with van der Waals surface area (Å²) >= 11 is 1.20. The molecule has 1 aliphatic rings. The maximum Gasteiger partial charge on any atom is 0.270 e. The van der Waals surface area contributed by atoms with Gasteiger partial charge in [-0.05, 0) is 48.3 Å². The van der Waals surface area contributed by atoms with Crippen LogP contribution in [0.2, 0.25) is 0 Å². The normalized spacial score (nSPS) is 16.1. The quantitative estimate of drug-likeness (QED) is 0.412. The Morgan fingerprint density at radius 1 is 1.36 bits per heavy atom. The van der Waals surface area contributed by atoms with E-state index in [1.807, 2.05) is 6.07 Å². The highest BCUT2D eigenvalue weighted by molar-refractivity contribution is 7.99. The van der Waals surface area contributed by atoms with Crippen LogP contribution in [0.5, 0.6) is 0 Å². The van der Waals surface area contributed by atoms with E-state index in [1.54, 1.807) is 0 Å². The van der Waals surface area contributed by atoms with Gasteiger partial charge in [0, 0.05) is 28.3 Å². The first-order valence-corrected chi connectivity index (χ1v) is 9.89. The molecule has 0 N–H and O–H groups in total. The van der Waals surface area contributed by atoms with Gasteiger partial charge < -0.3 is 0 Å². The molecule has 1 aliphatic carbocycles. The van der Waals surface area contributed by atoms with Gasteiger partial charge in [0.25, 0.3) is 5.69 Å². The topological polar surface area (TPSA) is 96.9 Å². The second kappa shape index (κ2) is 7.72. The smallest absolute Gasteiger partial charge is 0.270 e. The number of nitriles is 1. The molecule has 1 aromatic heterocycles. The Kier molecular flexibility index (Phi) is 5.52. The molecule has 28 heavy (non-hydrogen) atoms. The predicted octanol–water partition coefficient (Wildman–Crippen LogP) is 4.98. The molecule has 1 heterocycles. The first-order chi connectivity index (χ1) is 13.2. The van der Waals surface area contributed by atoms with Crippen molar-refractivity contribution in [2.45, 2.75) is 50.0 Å². The number of aromatic nitrogens is 1. The third-order valence-electron chi connectivity index (χ3n) is 5.24. The lowest BCUT2D eigenvalue weighted by Crippen LogP contribution is -2.27. The highest BCUT2D eigenvalue weighted by Crippen LogP contribution is 2.39. The third-order valence-corrected chi connectivity index (χ3v) is 6.33. The Hall–Kier alpha value is -2.72. The minimum absolute atomic E-state index is 0.140. The Labute approximate surface area is 168 Å². The number of nitro benzene ring substituents is 1. The maximum atomic E-state index is 11.4. The van der Waals surface area contributed by atoms with Crippen LogP contribution in [0.1, 0.15) is 54.4 Å². The summed E-state index contributed by atoms with van der Waals surface area (Å²) in [4.78, 5) is 27.0. The van der Waals surface area contributed by atoms with E-state index in [9.17, 15) is 20.2 Å². The standard InChI is InChI=1S/C21H21N3O3S/c1-21(2,3)16-4-6-18-13(9-16)8-14(11-22)20(23-18)28-19-7-5-17(24(26)27)10-15(19)12-25/h5,7-8,10,12,16H,4,6,9H2,1-3H3. The molecule has 0 radical (unpaired) electrons. The fourth-order valence-corrected chi connectivity index (χ4v) is 4.42. The molecule has 7 heteroatoms. The molecule has 0 amide bonds. The minimum Gasteiger partial charge on any atom is -0.298 e. The van der Waals surface area contributed by atoms with Gasteiger partial charge in [-0.1, -0.05) is 32.5 Å². The molecule has 0 fully saturated rings. The van der Waals surface area contributed by atoms with Gasteiger partial charge in [0.1, 0.15) is 11.1 Å². The molecule has 0 saturated heterocycles. The fourth-order valence-electron chi connectivity index (χ4n) is 3.48. The van der Waals surface area contributed by atoms with Crippen molar-refractivity contribution in [1.82, 2.24) is 4.98 Å². The van der Waals surface area contributed by atoms with E-state index in [4.69, 9.17) is 4.98 Å². The van der Waals surface area contributed by atoms with Crippen LogP contribution < -0.4 is 0 Å². The summed E-state index contributed by atoms with van der Waals surface area (Å²) in [6.07, 6.45) is 3.41. The van der Waals surface area contributed by atoms with Crippen LogP contribution in [-0.2, 0) is 12.8 Å². The summed E-state index contributed by atoms with van der Waals surface area (Å²) in [5.41, 5.74) is 2.86. The van der Waals surface area contributed by atoms with Crippen molar-refractivity contribution >= 4 is 23.7 Å². The van der Waals surface area contributed by atoms with Crippen molar-refractivity contribution in [2.24, 2.45) is 11.3 Å². The molecule has 0 aliphatic heterocycles. The van der Waals surface area contributed by atoms with Crippen molar-refractivity contribution in [3.05, 3.63) is 56.8 Å². The van der Waals surface area contributed by atoms with Gasteiger partial charge in [-0.2, -0.15) is 5.26 Å². The van der Waals surface area contributed by atoms with E-state index in [-0.39, 0.29) is 16.7 Å². The van der Waals surface area contributed by atoms with Crippen LogP contribution in [0, 0.1) is 32.8 Å². The van der Waals surface area contributed by atoms with E-state index < -0.39 is 4.92 Å². The van der Waals surface area contributed by atoms with Gasteiger partial charge in [0.05, 0.1) is 10.5 Å². The van der Waals surface area contributed by atoms with Crippen LogP contribution in [0.25, 0.3) is 0 Å². The number of hydrogen-bond acceptors (Lipinski definition) is 6. The number of nitro groups is 1. The average Bonchev–Trinajstić information content (AvgIpc) is 2.66. The number of carbonyl (C=O) groups excluding carboxylic acids is 1. The Morgan fingerprint density at radius 3 is 2.71 bits per heavy atom. The van der Waals surface area contributed by atoms with Crippen molar-refractivity contribution in [1.29, 1.82) is 5.26 Å². The van der Waals surface area contributed by atoms with Crippen molar-refractivity contribution < 1.29 is 9.72 Å². The van der Waals surface area contributed by atoms with Crippen molar-refractivity contribution in [3.8, 4) is 6.07 Å². The molecule has 6 nitrogen and oxygen atoms in total. The van der Waals surface area contributed by atoms with Gasteiger partial charge >= 0.3 is 0 Å². The van der Waals surface area contributed by atoms with Gasteiger partial charge in [-0.25, -0.2) is 4.98 Å². The summed E-state index contributed by atoms with van der Waals surface area (Å²) in [5, 5.41) is 21.1. The van der Waals surface area contributed by atoms with Gasteiger partial charge in [-0.15, -0.1) is 0 Å². The molecule has 1 atom stereocenters. The zero-order valence-corrected chi connectivity index (χ0v) is 16.9. The second-order valence-electron chi connectivity index (χ2n) is 8.06. The van der Waals surface area contributed by atoms with Crippen molar-refractivity contribution in [2.75, 3.05) is 0 Å². The number of aryl methyl sites for hydroxylation is 1. The van der Waals surface area contributed by atoms with Crippen LogP contribution in [0.3, 0.4) is 0 Å². The Bertz CT molecular complexity index is 990. The number of fused-ring (bicyclic) bond motifs is 1. The maximum absolute atomic E-state index is 11.4. The first-order valence-electron chi connectivity index (χ1n) is 9.07. The summed E-state index contributed by atoms with van der Waals surface area (Å²) in [7, 11) is 0. The van der Waals surface area contributed by atoms with E-state index in [2.05, 4.69) is 26.8 Å².